The second kappa shape index (κ2) is 6.52. The van der Waals surface area contributed by atoms with E-state index in [0.717, 1.165) is 25.2 Å². The summed E-state index contributed by atoms with van der Waals surface area (Å²) in [5.74, 6) is 1.47. The zero-order valence-electron chi connectivity index (χ0n) is 11.9. The molecule has 0 fully saturated rings. The van der Waals surface area contributed by atoms with Gasteiger partial charge in [0.1, 0.15) is 6.54 Å². The van der Waals surface area contributed by atoms with Crippen LogP contribution in [0.1, 0.15) is 44.5 Å². The highest BCUT2D eigenvalue weighted by atomic mass is 16.5. The van der Waals surface area contributed by atoms with Gasteiger partial charge in [0.15, 0.2) is 5.82 Å². The van der Waals surface area contributed by atoms with Gasteiger partial charge in [-0.25, -0.2) is 0 Å². The van der Waals surface area contributed by atoms with Crippen LogP contribution in [0.5, 0.6) is 0 Å². The second-order valence-corrected chi connectivity index (χ2v) is 5.08. The van der Waals surface area contributed by atoms with E-state index >= 15 is 0 Å². The van der Waals surface area contributed by atoms with Gasteiger partial charge >= 0.3 is 0 Å². The molecular formula is C14H22N4O. The van der Waals surface area contributed by atoms with E-state index in [1.807, 2.05) is 6.20 Å². The Morgan fingerprint density at radius 1 is 1.42 bits per heavy atom. The molecule has 1 N–H and O–H groups in total. The molecule has 0 bridgehead atoms. The molecule has 104 valence electrons. The predicted octanol–water partition coefficient (Wildman–Crippen LogP) is 2.37. The third kappa shape index (κ3) is 4.21. The SMILES string of the molecule is CCCc1noc(Cn2ccc(CNC(C)C)c2)n1. The summed E-state index contributed by atoms with van der Waals surface area (Å²) >= 11 is 0. The fourth-order valence-corrected chi connectivity index (χ4v) is 1.85. The maximum atomic E-state index is 5.23. The summed E-state index contributed by atoms with van der Waals surface area (Å²) in [6, 6.07) is 2.61. The van der Waals surface area contributed by atoms with Crippen molar-refractivity contribution in [3.05, 3.63) is 35.7 Å². The number of hydrogen-bond acceptors (Lipinski definition) is 4. The molecule has 5 heteroatoms. The fraction of sp³-hybridized carbons (Fsp3) is 0.571. The van der Waals surface area contributed by atoms with Crippen LogP contribution in [-0.2, 0) is 19.5 Å². The molecule has 2 aromatic heterocycles. The summed E-state index contributed by atoms with van der Waals surface area (Å²) in [6.07, 6.45) is 6.06. The number of hydrogen-bond donors (Lipinski definition) is 1. The highest BCUT2D eigenvalue weighted by Gasteiger charge is 2.06. The van der Waals surface area contributed by atoms with Crippen molar-refractivity contribution in [2.24, 2.45) is 0 Å². The third-order valence-corrected chi connectivity index (χ3v) is 2.83. The van der Waals surface area contributed by atoms with E-state index in [4.69, 9.17) is 4.52 Å². The number of nitrogens with zero attached hydrogens (tertiary/aromatic N) is 3. The smallest absolute Gasteiger partial charge is 0.246 e. The molecule has 0 aromatic carbocycles. The Kier molecular flexibility index (Phi) is 4.74. The molecule has 0 saturated carbocycles. The van der Waals surface area contributed by atoms with Crippen molar-refractivity contribution < 1.29 is 4.52 Å². The standard InChI is InChI=1S/C14H22N4O/c1-4-5-13-16-14(19-17-13)10-18-7-6-12(9-18)8-15-11(2)3/h6-7,9,11,15H,4-5,8,10H2,1-3H3. The molecule has 0 aliphatic rings. The van der Waals surface area contributed by atoms with Crippen LogP contribution in [0.4, 0.5) is 0 Å². The summed E-state index contributed by atoms with van der Waals surface area (Å²) in [6.45, 7) is 7.92. The van der Waals surface area contributed by atoms with Gasteiger partial charge in [-0.05, 0) is 18.1 Å². The van der Waals surface area contributed by atoms with E-state index < -0.39 is 0 Å². The number of rotatable bonds is 7. The quantitative estimate of drug-likeness (QED) is 0.832. The Hall–Kier alpha value is -1.62. The highest BCUT2D eigenvalue weighted by Crippen LogP contribution is 2.06. The Morgan fingerprint density at radius 2 is 2.26 bits per heavy atom. The van der Waals surface area contributed by atoms with Crippen molar-refractivity contribution in [3.63, 3.8) is 0 Å². The van der Waals surface area contributed by atoms with E-state index in [0.29, 0.717) is 18.5 Å². The molecule has 19 heavy (non-hydrogen) atoms. The minimum atomic E-state index is 0.496. The number of aryl methyl sites for hydroxylation is 1. The van der Waals surface area contributed by atoms with Gasteiger partial charge < -0.3 is 14.4 Å². The lowest BCUT2D eigenvalue weighted by Crippen LogP contribution is -2.21. The number of aromatic nitrogens is 3. The van der Waals surface area contributed by atoms with E-state index in [9.17, 15) is 0 Å². The molecule has 0 saturated heterocycles. The summed E-state index contributed by atoms with van der Waals surface area (Å²) in [7, 11) is 0. The van der Waals surface area contributed by atoms with Gasteiger partial charge in [0.25, 0.3) is 0 Å². The van der Waals surface area contributed by atoms with Gasteiger partial charge in [-0.2, -0.15) is 4.98 Å². The van der Waals surface area contributed by atoms with Crippen molar-refractivity contribution in [2.75, 3.05) is 0 Å². The lowest BCUT2D eigenvalue weighted by molar-refractivity contribution is 0.366. The van der Waals surface area contributed by atoms with Crippen LogP contribution in [0.25, 0.3) is 0 Å². The van der Waals surface area contributed by atoms with Gasteiger partial charge in [-0.3, -0.25) is 0 Å². The summed E-state index contributed by atoms with van der Waals surface area (Å²) in [5, 5.41) is 7.35. The molecule has 2 heterocycles. The summed E-state index contributed by atoms with van der Waals surface area (Å²) < 4.78 is 7.30. The van der Waals surface area contributed by atoms with E-state index in [2.05, 4.69) is 53.1 Å². The van der Waals surface area contributed by atoms with Crippen LogP contribution in [0.2, 0.25) is 0 Å². The first kappa shape index (κ1) is 13.8. The van der Waals surface area contributed by atoms with Crippen molar-refractivity contribution in [3.8, 4) is 0 Å². The lowest BCUT2D eigenvalue weighted by atomic mass is 10.3. The first-order chi connectivity index (χ1) is 9.17. The van der Waals surface area contributed by atoms with Crippen LogP contribution in [0, 0.1) is 0 Å². The molecule has 0 spiro atoms. The average Bonchev–Trinajstić information content (AvgIpc) is 2.98. The molecular weight excluding hydrogens is 240 g/mol. The van der Waals surface area contributed by atoms with Gasteiger partial charge in [0.05, 0.1) is 0 Å². The molecule has 2 rings (SSSR count). The van der Waals surface area contributed by atoms with Crippen LogP contribution in [-0.4, -0.2) is 20.7 Å². The second-order valence-electron chi connectivity index (χ2n) is 5.08. The van der Waals surface area contributed by atoms with Crippen molar-refractivity contribution in [1.29, 1.82) is 0 Å². The Labute approximate surface area is 114 Å². The van der Waals surface area contributed by atoms with E-state index in [1.165, 1.54) is 5.56 Å². The first-order valence-corrected chi connectivity index (χ1v) is 6.87. The minimum Gasteiger partial charge on any atom is -0.345 e. The number of nitrogens with one attached hydrogen (secondary N) is 1. The normalized spacial score (nSPS) is 11.4. The van der Waals surface area contributed by atoms with Crippen molar-refractivity contribution >= 4 is 0 Å². The molecule has 0 unspecified atom stereocenters. The lowest BCUT2D eigenvalue weighted by Gasteiger charge is -2.05. The van der Waals surface area contributed by atoms with Gasteiger partial charge in [0, 0.05) is 31.4 Å². The van der Waals surface area contributed by atoms with Crippen molar-refractivity contribution in [2.45, 2.75) is 52.7 Å². The topological polar surface area (TPSA) is 55.9 Å². The van der Waals surface area contributed by atoms with Crippen LogP contribution in [0.3, 0.4) is 0 Å². The molecule has 0 amide bonds. The average molecular weight is 262 g/mol. The van der Waals surface area contributed by atoms with Gasteiger partial charge in [0.2, 0.25) is 5.89 Å². The summed E-state index contributed by atoms with van der Waals surface area (Å²) in [4.78, 5) is 4.36. The molecule has 0 aliphatic heterocycles. The molecule has 2 aromatic rings. The van der Waals surface area contributed by atoms with E-state index in [1.54, 1.807) is 0 Å². The third-order valence-electron chi connectivity index (χ3n) is 2.83. The molecule has 0 radical (unpaired) electrons. The predicted molar refractivity (Wildman–Crippen MR) is 73.8 cm³/mol. The molecule has 5 nitrogen and oxygen atoms in total. The Balaban J connectivity index is 1.91. The zero-order valence-corrected chi connectivity index (χ0v) is 11.9. The Morgan fingerprint density at radius 3 is 3.00 bits per heavy atom. The molecule has 0 atom stereocenters. The maximum absolute atomic E-state index is 5.23. The highest BCUT2D eigenvalue weighted by molar-refractivity contribution is 5.10. The largest absolute Gasteiger partial charge is 0.345 e. The van der Waals surface area contributed by atoms with Crippen LogP contribution in [0.15, 0.2) is 23.0 Å². The first-order valence-electron chi connectivity index (χ1n) is 6.87. The fourth-order valence-electron chi connectivity index (χ4n) is 1.85. The maximum Gasteiger partial charge on any atom is 0.246 e. The van der Waals surface area contributed by atoms with Crippen LogP contribution >= 0.6 is 0 Å². The van der Waals surface area contributed by atoms with E-state index in [-0.39, 0.29) is 0 Å². The van der Waals surface area contributed by atoms with Crippen molar-refractivity contribution in [1.82, 2.24) is 20.0 Å². The van der Waals surface area contributed by atoms with Crippen LogP contribution < -0.4 is 5.32 Å². The monoisotopic (exact) mass is 262 g/mol. The van der Waals surface area contributed by atoms with Gasteiger partial charge in [-0.1, -0.05) is 25.9 Å². The minimum absolute atomic E-state index is 0.496. The molecule has 0 aliphatic carbocycles. The van der Waals surface area contributed by atoms with Gasteiger partial charge in [-0.15, -0.1) is 0 Å². The zero-order chi connectivity index (χ0) is 13.7. The summed E-state index contributed by atoms with van der Waals surface area (Å²) in [5.41, 5.74) is 1.27. The Bertz CT molecular complexity index is 501.